The number of benzene rings is 1. The zero-order chi connectivity index (χ0) is 12.1. The minimum absolute atomic E-state index is 0. The van der Waals surface area contributed by atoms with Crippen LogP contribution in [-0.2, 0) is 9.98 Å². The van der Waals surface area contributed by atoms with Gasteiger partial charge in [-0.25, -0.2) is 0 Å². The number of phosphoric acid groups is 1. The Bertz CT molecular complexity index is 320. The average molecular weight is 367 g/mol. The molecule has 0 fully saturated rings. The van der Waals surface area contributed by atoms with Crippen molar-refractivity contribution >= 4 is 7.82 Å². The summed E-state index contributed by atoms with van der Waals surface area (Å²) in [6.07, 6.45) is 0. The van der Waals surface area contributed by atoms with Gasteiger partial charge in [-0.1, -0.05) is 20.8 Å². The molecule has 0 saturated carbocycles. The quantitative estimate of drug-likeness (QED) is 0.476. The molecule has 86 valence electrons. The van der Waals surface area contributed by atoms with Crippen LogP contribution < -0.4 is 14.7 Å². The summed E-state index contributed by atoms with van der Waals surface area (Å²) in [7, 11) is -5.39. The summed E-state index contributed by atoms with van der Waals surface area (Å²) >= 11 is 0. The molecule has 0 aliphatic rings. The first-order valence-electron chi connectivity index (χ1n) is 4.30. The van der Waals surface area contributed by atoms with Crippen molar-refractivity contribution in [2.24, 2.45) is 0 Å². The van der Waals surface area contributed by atoms with Gasteiger partial charge in [0.15, 0.2) is 0 Å². The zero-order valence-corrected chi connectivity index (χ0v) is 14.0. The largest absolute Gasteiger partial charge is 3.00 e. The zero-order valence-electron chi connectivity index (χ0n) is 9.47. The van der Waals surface area contributed by atoms with Crippen molar-refractivity contribution in [3.63, 3.8) is 0 Å². The molecule has 0 N–H and O–H groups in total. The third-order valence-corrected chi connectivity index (χ3v) is 1.58. The normalized spacial score (nSPS) is 10.9. The van der Waals surface area contributed by atoms with E-state index < -0.39 is 7.82 Å². The summed E-state index contributed by atoms with van der Waals surface area (Å²) in [4.78, 5) is 25.6. The number of hydrogen-bond donors (Lipinski definition) is 0. The summed E-state index contributed by atoms with van der Waals surface area (Å²) in [5.74, 6) is 0. The SMILES string of the molecule is CC(C)(C)c1cc[c-]cc1.O=P([O-])([O-])[O-].[La+3]. The second-order valence-corrected chi connectivity index (χ2v) is 4.88. The maximum Gasteiger partial charge on any atom is 3.00 e. The predicted octanol–water partition coefficient (Wildman–Crippen LogP) is -0.0403. The Balaban J connectivity index is 0. The van der Waals surface area contributed by atoms with Crippen molar-refractivity contribution in [1.29, 1.82) is 0 Å². The minimum atomic E-state index is -5.39. The fraction of sp³-hybridized carbons (Fsp3) is 0.400. The van der Waals surface area contributed by atoms with E-state index >= 15 is 0 Å². The Hall–Kier alpha value is 0.525. The van der Waals surface area contributed by atoms with Crippen LogP contribution in [0.2, 0.25) is 0 Å². The molecule has 0 bridgehead atoms. The van der Waals surface area contributed by atoms with Crippen molar-refractivity contribution < 1.29 is 54.8 Å². The van der Waals surface area contributed by atoms with Gasteiger partial charge in [-0.15, -0.1) is 0 Å². The van der Waals surface area contributed by atoms with Gasteiger partial charge in [-0.3, -0.25) is 0 Å². The third-order valence-electron chi connectivity index (χ3n) is 1.58. The molecule has 0 aliphatic carbocycles. The van der Waals surface area contributed by atoms with Gasteiger partial charge in [0.25, 0.3) is 0 Å². The Kier molecular flexibility index (Phi) is 9.17. The molecule has 0 atom stereocenters. The topological polar surface area (TPSA) is 86.2 Å². The van der Waals surface area contributed by atoms with E-state index in [9.17, 15) is 0 Å². The fourth-order valence-electron chi connectivity index (χ4n) is 0.887. The fourth-order valence-corrected chi connectivity index (χ4v) is 0.887. The van der Waals surface area contributed by atoms with Gasteiger partial charge in [0, 0.05) is 0 Å². The molecule has 0 heterocycles. The maximum absolute atomic E-state index is 8.55. The van der Waals surface area contributed by atoms with Crippen LogP contribution in [0.3, 0.4) is 0 Å². The van der Waals surface area contributed by atoms with E-state index in [1.165, 1.54) is 5.56 Å². The van der Waals surface area contributed by atoms with Crippen molar-refractivity contribution in [2.45, 2.75) is 26.2 Å². The monoisotopic (exact) mass is 367 g/mol. The molecule has 1 rings (SSSR count). The summed E-state index contributed by atoms with van der Waals surface area (Å²) in [5.41, 5.74) is 1.64. The average Bonchev–Trinajstić information content (AvgIpc) is 2.01. The van der Waals surface area contributed by atoms with Gasteiger partial charge in [-0.2, -0.15) is 43.7 Å². The molecular weight excluding hydrogens is 354 g/mol. The van der Waals surface area contributed by atoms with Gasteiger partial charge in [0.2, 0.25) is 0 Å². The van der Waals surface area contributed by atoms with Crippen molar-refractivity contribution in [3.05, 3.63) is 35.9 Å². The maximum atomic E-state index is 8.55. The molecule has 0 saturated heterocycles. The van der Waals surface area contributed by atoms with E-state index in [-0.39, 0.29) is 41.0 Å². The molecule has 0 aromatic heterocycles. The van der Waals surface area contributed by atoms with Gasteiger partial charge in [0.1, 0.15) is 0 Å². The number of hydrogen-bond acceptors (Lipinski definition) is 4. The molecular formula is C10H13LaO4P-. The van der Waals surface area contributed by atoms with Crippen molar-refractivity contribution in [1.82, 2.24) is 0 Å². The first-order valence-corrected chi connectivity index (χ1v) is 5.76. The molecule has 0 radical (unpaired) electrons. The summed E-state index contributed by atoms with van der Waals surface area (Å²) in [6.45, 7) is 6.63. The van der Waals surface area contributed by atoms with E-state index in [4.69, 9.17) is 19.2 Å². The molecule has 0 aliphatic heterocycles. The first kappa shape index (κ1) is 18.9. The van der Waals surface area contributed by atoms with Crippen LogP contribution in [0, 0.1) is 41.7 Å². The smallest absolute Gasteiger partial charge is 0.822 e. The van der Waals surface area contributed by atoms with Gasteiger partial charge < -0.3 is 19.2 Å². The molecule has 0 amide bonds. The number of rotatable bonds is 0. The van der Waals surface area contributed by atoms with Crippen LogP contribution >= 0.6 is 7.82 Å². The van der Waals surface area contributed by atoms with Gasteiger partial charge in [-0.05, 0) is 5.41 Å². The third kappa shape index (κ3) is 12.6. The van der Waals surface area contributed by atoms with Crippen LogP contribution in [0.15, 0.2) is 24.3 Å². The summed E-state index contributed by atoms with van der Waals surface area (Å²) in [6, 6.07) is 11.1. The molecule has 6 heteroatoms. The summed E-state index contributed by atoms with van der Waals surface area (Å²) in [5, 5.41) is 0. The van der Waals surface area contributed by atoms with Crippen LogP contribution in [0.25, 0.3) is 0 Å². The molecule has 1 aromatic rings. The molecule has 1 aromatic carbocycles. The Morgan fingerprint density at radius 3 is 1.62 bits per heavy atom. The van der Waals surface area contributed by atoms with E-state index in [1.807, 2.05) is 12.1 Å². The van der Waals surface area contributed by atoms with E-state index in [0.29, 0.717) is 0 Å². The summed E-state index contributed by atoms with van der Waals surface area (Å²) < 4.78 is 8.55. The van der Waals surface area contributed by atoms with Crippen LogP contribution in [0.1, 0.15) is 26.3 Å². The van der Waals surface area contributed by atoms with Gasteiger partial charge in [0.05, 0.1) is 0 Å². The second-order valence-electron chi connectivity index (χ2n) is 3.99. The Morgan fingerprint density at radius 2 is 1.44 bits per heavy atom. The molecule has 0 unspecified atom stereocenters. The van der Waals surface area contributed by atoms with Gasteiger partial charge >= 0.3 is 35.6 Å². The van der Waals surface area contributed by atoms with E-state index in [2.05, 4.69) is 39.0 Å². The minimum Gasteiger partial charge on any atom is -0.822 e. The Labute approximate surface area is 124 Å². The first-order chi connectivity index (χ1) is 6.61. The van der Waals surface area contributed by atoms with E-state index in [0.717, 1.165) is 0 Å². The second kappa shape index (κ2) is 7.77. The van der Waals surface area contributed by atoms with Crippen molar-refractivity contribution in [2.75, 3.05) is 0 Å². The molecule has 4 nitrogen and oxygen atoms in total. The van der Waals surface area contributed by atoms with Crippen LogP contribution in [0.4, 0.5) is 0 Å². The van der Waals surface area contributed by atoms with Crippen LogP contribution in [-0.4, -0.2) is 0 Å². The standard InChI is InChI=1S/C10H13.La.H3O4P/c1-10(2,3)9-7-5-4-6-8-9;;1-5(2,3)4/h5-8H,1-3H3;;(H3,1,2,3,4)/q-1;+3;/p-3. The van der Waals surface area contributed by atoms with Crippen LogP contribution in [0.5, 0.6) is 0 Å². The van der Waals surface area contributed by atoms with Crippen molar-refractivity contribution in [3.8, 4) is 0 Å². The molecule has 16 heavy (non-hydrogen) atoms. The molecule has 0 spiro atoms. The predicted molar refractivity (Wildman–Crippen MR) is 51.6 cm³/mol. The van der Waals surface area contributed by atoms with E-state index in [1.54, 1.807) is 0 Å². The Morgan fingerprint density at radius 1 is 1.12 bits per heavy atom.